The highest BCUT2D eigenvalue weighted by Gasteiger charge is 2.11. The maximum atomic E-state index is 12.7. The van der Waals surface area contributed by atoms with Crippen molar-refractivity contribution in [2.45, 2.75) is 25.9 Å². The van der Waals surface area contributed by atoms with Gasteiger partial charge in [-0.2, -0.15) is 11.8 Å². The number of hydrogen-bond donors (Lipinski definition) is 2. The van der Waals surface area contributed by atoms with E-state index in [0.29, 0.717) is 12.3 Å². The molecule has 0 radical (unpaired) electrons. The SMILES string of the molecule is CC(C)(N)CSCC(=O)NCc1ccc(F)cc1. The van der Waals surface area contributed by atoms with Gasteiger partial charge >= 0.3 is 0 Å². The molecule has 0 atom stereocenters. The number of nitrogens with one attached hydrogen (secondary N) is 1. The van der Waals surface area contributed by atoms with Gasteiger partial charge in [0.1, 0.15) is 5.82 Å². The van der Waals surface area contributed by atoms with Gasteiger partial charge in [-0.15, -0.1) is 0 Å². The van der Waals surface area contributed by atoms with Crippen LogP contribution in [0.5, 0.6) is 0 Å². The van der Waals surface area contributed by atoms with Crippen molar-refractivity contribution in [2.75, 3.05) is 11.5 Å². The van der Waals surface area contributed by atoms with Crippen LogP contribution < -0.4 is 11.1 Å². The molecule has 1 amide bonds. The van der Waals surface area contributed by atoms with E-state index in [-0.39, 0.29) is 17.3 Å². The third kappa shape index (κ3) is 6.61. The average molecular weight is 270 g/mol. The molecule has 3 N–H and O–H groups in total. The molecule has 100 valence electrons. The number of hydrogen-bond acceptors (Lipinski definition) is 3. The largest absolute Gasteiger partial charge is 0.351 e. The molecular formula is C13H19FN2OS. The lowest BCUT2D eigenvalue weighted by atomic mass is 10.1. The van der Waals surface area contributed by atoms with Crippen molar-refractivity contribution in [3.05, 3.63) is 35.6 Å². The van der Waals surface area contributed by atoms with Crippen molar-refractivity contribution >= 4 is 17.7 Å². The average Bonchev–Trinajstić information content (AvgIpc) is 2.26. The Morgan fingerprint density at radius 1 is 1.39 bits per heavy atom. The van der Waals surface area contributed by atoms with Gasteiger partial charge in [0.05, 0.1) is 5.75 Å². The lowest BCUT2D eigenvalue weighted by molar-refractivity contribution is -0.118. The summed E-state index contributed by atoms with van der Waals surface area (Å²) in [5, 5.41) is 2.78. The van der Waals surface area contributed by atoms with Crippen LogP contribution in [0.25, 0.3) is 0 Å². The van der Waals surface area contributed by atoms with Crippen LogP contribution in [0.4, 0.5) is 4.39 Å². The summed E-state index contributed by atoms with van der Waals surface area (Å²) in [7, 11) is 0. The van der Waals surface area contributed by atoms with Gasteiger partial charge in [0, 0.05) is 17.8 Å². The van der Waals surface area contributed by atoms with E-state index in [4.69, 9.17) is 5.73 Å². The summed E-state index contributed by atoms with van der Waals surface area (Å²) in [4.78, 5) is 11.5. The van der Waals surface area contributed by atoms with Crippen LogP contribution in [-0.2, 0) is 11.3 Å². The van der Waals surface area contributed by atoms with Crippen LogP contribution in [0.15, 0.2) is 24.3 Å². The third-order valence-corrected chi connectivity index (χ3v) is 3.52. The van der Waals surface area contributed by atoms with Crippen molar-refractivity contribution in [3.63, 3.8) is 0 Å². The molecule has 1 aromatic rings. The molecule has 1 aromatic carbocycles. The first kappa shape index (κ1) is 15.0. The molecule has 0 heterocycles. The minimum Gasteiger partial charge on any atom is -0.351 e. The van der Waals surface area contributed by atoms with E-state index in [1.165, 1.54) is 23.9 Å². The molecule has 3 nitrogen and oxygen atoms in total. The van der Waals surface area contributed by atoms with Crippen LogP contribution >= 0.6 is 11.8 Å². The highest BCUT2D eigenvalue weighted by Crippen LogP contribution is 2.09. The summed E-state index contributed by atoms with van der Waals surface area (Å²) in [6, 6.07) is 6.08. The fraction of sp³-hybridized carbons (Fsp3) is 0.462. The lowest BCUT2D eigenvalue weighted by Crippen LogP contribution is -2.35. The first-order valence-electron chi connectivity index (χ1n) is 5.74. The van der Waals surface area contributed by atoms with Gasteiger partial charge < -0.3 is 11.1 Å². The maximum absolute atomic E-state index is 12.7. The molecule has 1 rings (SSSR count). The third-order valence-electron chi connectivity index (χ3n) is 2.11. The second-order valence-corrected chi connectivity index (χ2v) is 5.87. The van der Waals surface area contributed by atoms with E-state index in [1.54, 1.807) is 12.1 Å². The molecule has 0 saturated carbocycles. The van der Waals surface area contributed by atoms with Crippen LogP contribution in [-0.4, -0.2) is 23.0 Å². The summed E-state index contributed by atoms with van der Waals surface area (Å²) in [6.45, 7) is 4.28. The number of nitrogens with two attached hydrogens (primary N) is 1. The van der Waals surface area contributed by atoms with Gasteiger partial charge in [0.15, 0.2) is 0 Å². The fourth-order valence-electron chi connectivity index (χ4n) is 1.26. The topological polar surface area (TPSA) is 55.1 Å². The van der Waals surface area contributed by atoms with E-state index in [9.17, 15) is 9.18 Å². The monoisotopic (exact) mass is 270 g/mol. The standard InChI is InChI=1S/C13H19FN2OS/c1-13(2,15)9-18-8-12(17)16-7-10-3-5-11(14)6-4-10/h3-6H,7-9,15H2,1-2H3,(H,16,17). The Morgan fingerprint density at radius 2 is 2.00 bits per heavy atom. The van der Waals surface area contributed by atoms with Crippen molar-refractivity contribution in [1.29, 1.82) is 0 Å². The second kappa shape index (κ2) is 6.75. The molecule has 0 aliphatic heterocycles. The first-order valence-corrected chi connectivity index (χ1v) is 6.90. The number of benzene rings is 1. The zero-order valence-corrected chi connectivity index (χ0v) is 11.5. The number of carbonyl (C=O) groups is 1. The Kier molecular flexibility index (Phi) is 5.62. The zero-order valence-electron chi connectivity index (χ0n) is 10.7. The van der Waals surface area contributed by atoms with Crippen molar-refractivity contribution in [1.82, 2.24) is 5.32 Å². The van der Waals surface area contributed by atoms with E-state index in [0.717, 1.165) is 11.3 Å². The Labute approximate surface area is 111 Å². The van der Waals surface area contributed by atoms with Gasteiger partial charge in [-0.05, 0) is 31.5 Å². The van der Waals surface area contributed by atoms with Crippen molar-refractivity contribution in [2.24, 2.45) is 5.73 Å². The van der Waals surface area contributed by atoms with Crippen LogP contribution in [0.2, 0.25) is 0 Å². The zero-order chi connectivity index (χ0) is 13.6. The molecule has 0 unspecified atom stereocenters. The van der Waals surface area contributed by atoms with Crippen LogP contribution in [0.3, 0.4) is 0 Å². The molecule has 0 aliphatic carbocycles. The highest BCUT2D eigenvalue weighted by molar-refractivity contribution is 8.00. The number of thioether (sulfide) groups is 1. The van der Waals surface area contributed by atoms with Crippen LogP contribution in [0, 0.1) is 5.82 Å². The number of halogens is 1. The molecule has 0 bridgehead atoms. The lowest BCUT2D eigenvalue weighted by Gasteiger charge is -2.17. The molecule has 0 fully saturated rings. The van der Waals surface area contributed by atoms with E-state index >= 15 is 0 Å². The van der Waals surface area contributed by atoms with Gasteiger partial charge in [-0.25, -0.2) is 4.39 Å². The minimum absolute atomic E-state index is 0.0337. The minimum atomic E-state index is -0.272. The summed E-state index contributed by atoms with van der Waals surface area (Å²) >= 11 is 1.51. The molecule has 5 heteroatoms. The molecule has 18 heavy (non-hydrogen) atoms. The maximum Gasteiger partial charge on any atom is 0.230 e. The van der Waals surface area contributed by atoms with Gasteiger partial charge in [0.2, 0.25) is 5.91 Å². The van der Waals surface area contributed by atoms with E-state index < -0.39 is 0 Å². The van der Waals surface area contributed by atoms with Crippen molar-refractivity contribution in [3.8, 4) is 0 Å². The van der Waals surface area contributed by atoms with Crippen molar-refractivity contribution < 1.29 is 9.18 Å². The van der Waals surface area contributed by atoms with E-state index in [1.807, 2.05) is 13.8 Å². The second-order valence-electron chi connectivity index (χ2n) is 4.88. The molecule has 0 aromatic heterocycles. The first-order chi connectivity index (χ1) is 8.37. The van der Waals surface area contributed by atoms with Gasteiger partial charge in [-0.1, -0.05) is 12.1 Å². The molecule has 0 saturated heterocycles. The van der Waals surface area contributed by atoms with Gasteiger partial charge in [-0.3, -0.25) is 4.79 Å². The number of rotatable bonds is 6. The molecule has 0 aliphatic rings. The predicted molar refractivity (Wildman–Crippen MR) is 73.8 cm³/mol. The molecule has 0 spiro atoms. The number of carbonyl (C=O) groups excluding carboxylic acids is 1. The normalized spacial score (nSPS) is 11.3. The summed E-state index contributed by atoms with van der Waals surface area (Å²) < 4.78 is 12.7. The Morgan fingerprint density at radius 3 is 2.56 bits per heavy atom. The van der Waals surface area contributed by atoms with Crippen LogP contribution in [0.1, 0.15) is 19.4 Å². The number of amides is 1. The predicted octanol–water partition coefficient (Wildman–Crippen LogP) is 1.91. The fourth-order valence-corrected chi connectivity index (χ4v) is 2.18. The summed E-state index contributed by atoms with van der Waals surface area (Å²) in [6.07, 6.45) is 0. The molecular weight excluding hydrogens is 251 g/mol. The summed E-state index contributed by atoms with van der Waals surface area (Å²) in [5.41, 5.74) is 6.43. The summed E-state index contributed by atoms with van der Waals surface area (Å²) in [5.74, 6) is 0.818. The highest BCUT2D eigenvalue weighted by atomic mass is 32.2. The van der Waals surface area contributed by atoms with E-state index in [2.05, 4.69) is 5.32 Å². The Balaban J connectivity index is 2.23. The smallest absolute Gasteiger partial charge is 0.230 e. The quantitative estimate of drug-likeness (QED) is 0.830. The Hall–Kier alpha value is -1.07. The van der Waals surface area contributed by atoms with Gasteiger partial charge in [0.25, 0.3) is 0 Å². The Bertz CT molecular complexity index is 387.